The van der Waals surface area contributed by atoms with Crippen LogP contribution in [0, 0.1) is 0 Å². The first-order valence-electron chi connectivity index (χ1n) is 7.93. The molecule has 2 fully saturated rings. The van der Waals surface area contributed by atoms with E-state index in [1.165, 1.54) is 32.4 Å². The highest BCUT2D eigenvalue weighted by atomic mass is 35.5. The van der Waals surface area contributed by atoms with Crippen molar-refractivity contribution >= 4 is 18.3 Å². The van der Waals surface area contributed by atoms with Gasteiger partial charge in [-0.15, -0.1) is 12.4 Å². The van der Waals surface area contributed by atoms with E-state index in [-0.39, 0.29) is 18.3 Å². The maximum absolute atomic E-state index is 12.7. The van der Waals surface area contributed by atoms with Crippen LogP contribution in [0.4, 0.5) is 0 Å². The summed E-state index contributed by atoms with van der Waals surface area (Å²) in [5.41, 5.74) is 0.834. The summed E-state index contributed by atoms with van der Waals surface area (Å²) >= 11 is 0. The van der Waals surface area contributed by atoms with Crippen LogP contribution in [0.3, 0.4) is 0 Å². The van der Waals surface area contributed by atoms with Crippen molar-refractivity contribution in [3.8, 4) is 0 Å². The number of carbonyl (C=O) groups is 1. The molecule has 2 heterocycles. The van der Waals surface area contributed by atoms with Gasteiger partial charge in [-0.05, 0) is 57.3 Å². The summed E-state index contributed by atoms with van der Waals surface area (Å²) in [6, 6.07) is 10.1. The van der Waals surface area contributed by atoms with Gasteiger partial charge < -0.3 is 9.80 Å². The van der Waals surface area contributed by atoms with Gasteiger partial charge in [0.15, 0.2) is 0 Å². The average Bonchev–Trinajstić information content (AvgIpc) is 3.01. The second-order valence-electron chi connectivity index (χ2n) is 6.02. The van der Waals surface area contributed by atoms with Gasteiger partial charge in [0.1, 0.15) is 0 Å². The van der Waals surface area contributed by atoms with E-state index in [0.717, 1.165) is 31.5 Å². The second kappa shape index (κ2) is 7.81. The smallest absolute Gasteiger partial charge is 0.254 e. The first-order valence-corrected chi connectivity index (χ1v) is 7.93. The van der Waals surface area contributed by atoms with Gasteiger partial charge in [0.2, 0.25) is 0 Å². The standard InChI is InChI=1S/C17H24N2O.ClH/c20-17(15-8-2-1-3-9-15)19-13-5-4-10-16(19)14-18-11-6-7-12-18;/h1-3,8-9,16H,4-7,10-14H2;1H. The Labute approximate surface area is 133 Å². The number of benzene rings is 1. The van der Waals surface area contributed by atoms with Crippen LogP contribution in [0.25, 0.3) is 0 Å². The van der Waals surface area contributed by atoms with Crippen LogP contribution in [0.15, 0.2) is 30.3 Å². The Bertz CT molecular complexity index is 445. The topological polar surface area (TPSA) is 23.6 Å². The quantitative estimate of drug-likeness (QED) is 0.856. The van der Waals surface area contributed by atoms with Gasteiger partial charge in [0, 0.05) is 24.7 Å². The van der Waals surface area contributed by atoms with Crippen molar-refractivity contribution in [2.45, 2.75) is 38.1 Å². The predicted molar refractivity (Wildman–Crippen MR) is 88.0 cm³/mol. The van der Waals surface area contributed by atoms with Crippen LogP contribution < -0.4 is 0 Å². The van der Waals surface area contributed by atoms with E-state index < -0.39 is 0 Å². The lowest BCUT2D eigenvalue weighted by Gasteiger charge is -2.38. The fourth-order valence-corrected chi connectivity index (χ4v) is 3.47. The molecule has 0 N–H and O–H groups in total. The molecule has 0 aliphatic carbocycles. The van der Waals surface area contributed by atoms with E-state index in [9.17, 15) is 4.79 Å². The monoisotopic (exact) mass is 308 g/mol. The number of halogens is 1. The number of piperidine rings is 1. The molecule has 0 saturated carbocycles. The molecule has 116 valence electrons. The highest BCUT2D eigenvalue weighted by Crippen LogP contribution is 2.22. The Balaban J connectivity index is 0.00000161. The van der Waals surface area contributed by atoms with Gasteiger partial charge in [0.25, 0.3) is 5.91 Å². The number of carbonyl (C=O) groups excluding carboxylic acids is 1. The van der Waals surface area contributed by atoms with Crippen LogP contribution in [0.5, 0.6) is 0 Å². The first-order chi connectivity index (χ1) is 9.84. The second-order valence-corrected chi connectivity index (χ2v) is 6.02. The molecule has 0 bridgehead atoms. The van der Waals surface area contributed by atoms with Gasteiger partial charge in [-0.3, -0.25) is 4.79 Å². The number of rotatable bonds is 3. The minimum atomic E-state index is 0. The fraction of sp³-hybridized carbons (Fsp3) is 0.588. The molecule has 0 radical (unpaired) electrons. The lowest BCUT2D eigenvalue weighted by Crippen LogP contribution is -2.49. The summed E-state index contributed by atoms with van der Waals surface area (Å²) in [7, 11) is 0. The Morgan fingerprint density at radius 1 is 1.00 bits per heavy atom. The molecule has 0 spiro atoms. The maximum Gasteiger partial charge on any atom is 0.254 e. The van der Waals surface area contributed by atoms with Crippen molar-refractivity contribution in [1.29, 1.82) is 0 Å². The lowest BCUT2D eigenvalue weighted by molar-refractivity contribution is 0.0560. The molecule has 3 nitrogen and oxygen atoms in total. The fourth-order valence-electron chi connectivity index (χ4n) is 3.47. The molecule has 1 aromatic carbocycles. The van der Waals surface area contributed by atoms with Gasteiger partial charge in [-0.25, -0.2) is 0 Å². The summed E-state index contributed by atoms with van der Waals surface area (Å²) in [6.45, 7) is 4.42. The molecule has 1 amide bonds. The van der Waals surface area contributed by atoms with E-state index in [1.807, 2.05) is 30.3 Å². The van der Waals surface area contributed by atoms with Gasteiger partial charge in [0.05, 0.1) is 0 Å². The van der Waals surface area contributed by atoms with E-state index in [4.69, 9.17) is 0 Å². The molecule has 1 atom stereocenters. The van der Waals surface area contributed by atoms with Crippen LogP contribution in [-0.2, 0) is 0 Å². The van der Waals surface area contributed by atoms with Gasteiger partial charge in [-0.1, -0.05) is 18.2 Å². The molecule has 0 aromatic heterocycles. The van der Waals surface area contributed by atoms with Crippen molar-refractivity contribution in [2.75, 3.05) is 26.2 Å². The summed E-state index contributed by atoms with van der Waals surface area (Å²) in [5, 5.41) is 0. The van der Waals surface area contributed by atoms with Crippen LogP contribution in [0.1, 0.15) is 42.5 Å². The minimum Gasteiger partial charge on any atom is -0.334 e. The van der Waals surface area contributed by atoms with Crippen molar-refractivity contribution in [3.05, 3.63) is 35.9 Å². The number of likely N-dealkylation sites (tertiary alicyclic amines) is 2. The molecule has 2 aliphatic rings. The van der Waals surface area contributed by atoms with E-state index in [0.29, 0.717) is 6.04 Å². The third-order valence-electron chi connectivity index (χ3n) is 4.58. The number of amides is 1. The van der Waals surface area contributed by atoms with Gasteiger partial charge >= 0.3 is 0 Å². The van der Waals surface area contributed by atoms with Crippen molar-refractivity contribution in [3.63, 3.8) is 0 Å². The molecule has 2 saturated heterocycles. The lowest BCUT2D eigenvalue weighted by atomic mass is 10.00. The SMILES string of the molecule is Cl.O=C(c1ccccc1)N1CCCCC1CN1CCCC1. The normalized spacial score (nSPS) is 22.9. The van der Waals surface area contributed by atoms with E-state index in [2.05, 4.69) is 9.80 Å². The summed E-state index contributed by atoms with van der Waals surface area (Å²) in [4.78, 5) is 17.3. The molecule has 3 rings (SSSR count). The average molecular weight is 309 g/mol. The van der Waals surface area contributed by atoms with Crippen LogP contribution >= 0.6 is 12.4 Å². The number of hydrogen-bond acceptors (Lipinski definition) is 2. The zero-order valence-electron chi connectivity index (χ0n) is 12.5. The Morgan fingerprint density at radius 3 is 2.38 bits per heavy atom. The Morgan fingerprint density at radius 2 is 1.67 bits per heavy atom. The zero-order chi connectivity index (χ0) is 13.8. The Kier molecular flexibility index (Phi) is 6.07. The first kappa shape index (κ1) is 16.3. The molecule has 4 heteroatoms. The molecule has 1 aromatic rings. The van der Waals surface area contributed by atoms with Gasteiger partial charge in [-0.2, -0.15) is 0 Å². The van der Waals surface area contributed by atoms with E-state index in [1.54, 1.807) is 0 Å². The number of hydrogen-bond donors (Lipinski definition) is 0. The zero-order valence-corrected chi connectivity index (χ0v) is 13.4. The summed E-state index contributed by atoms with van der Waals surface area (Å²) in [6.07, 6.45) is 6.21. The number of nitrogens with zero attached hydrogens (tertiary/aromatic N) is 2. The molecule has 2 aliphatic heterocycles. The van der Waals surface area contributed by atoms with Crippen LogP contribution in [-0.4, -0.2) is 47.9 Å². The third-order valence-corrected chi connectivity index (χ3v) is 4.58. The molecular weight excluding hydrogens is 284 g/mol. The van der Waals surface area contributed by atoms with Crippen molar-refractivity contribution in [2.24, 2.45) is 0 Å². The maximum atomic E-state index is 12.7. The van der Waals surface area contributed by atoms with E-state index >= 15 is 0 Å². The highest BCUT2D eigenvalue weighted by molar-refractivity contribution is 5.94. The summed E-state index contributed by atoms with van der Waals surface area (Å²) < 4.78 is 0. The minimum absolute atomic E-state index is 0. The molecule has 1 unspecified atom stereocenters. The molecular formula is C17H25ClN2O. The van der Waals surface area contributed by atoms with Crippen molar-refractivity contribution in [1.82, 2.24) is 9.80 Å². The Hall–Kier alpha value is -1.06. The van der Waals surface area contributed by atoms with Crippen LogP contribution in [0.2, 0.25) is 0 Å². The molecule has 21 heavy (non-hydrogen) atoms. The van der Waals surface area contributed by atoms with Crippen molar-refractivity contribution < 1.29 is 4.79 Å². The summed E-state index contributed by atoms with van der Waals surface area (Å²) in [5.74, 6) is 0.217. The highest BCUT2D eigenvalue weighted by Gasteiger charge is 2.29. The largest absolute Gasteiger partial charge is 0.334 e. The third kappa shape index (κ3) is 3.98. The predicted octanol–water partition coefficient (Wildman–Crippen LogP) is 3.20.